The number of rotatable bonds is 4. The molecule has 2 aromatic rings. The van der Waals surface area contributed by atoms with Gasteiger partial charge in [-0.05, 0) is 24.2 Å². The summed E-state index contributed by atoms with van der Waals surface area (Å²) < 4.78 is 13.8. The van der Waals surface area contributed by atoms with Gasteiger partial charge in [-0.1, -0.05) is 28.9 Å². The van der Waals surface area contributed by atoms with E-state index in [0.717, 1.165) is 21.6 Å². The Morgan fingerprint density at radius 2 is 2.35 bits per heavy atom. The van der Waals surface area contributed by atoms with Gasteiger partial charge in [0, 0.05) is 16.0 Å². The third kappa shape index (κ3) is 2.91. The Hall–Kier alpha value is -0.780. The largest absolute Gasteiger partial charge is 0.305 e. The Bertz CT molecular complexity index is 487. The number of thiazole rings is 1. The molecule has 1 aromatic heterocycles. The SMILES string of the molecule is CCNC(c1nccs1)c1ccc(F)cc1Br. The van der Waals surface area contributed by atoms with E-state index in [1.807, 2.05) is 12.3 Å². The van der Waals surface area contributed by atoms with Crippen molar-refractivity contribution in [1.82, 2.24) is 10.3 Å². The van der Waals surface area contributed by atoms with Crippen LogP contribution < -0.4 is 5.32 Å². The second kappa shape index (κ2) is 5.71. The van der Waals surface area contributed by atoms with Crippen LogP contribution in [0.5, 0.6) is 0 Å². The zero-order valence-corrected chi connectivity index (χ0v) is 11.7. The summed E-state index contributed by atoms with van der Waals surface area (Å²) in [4.78, 5) is 4.32. The Morgan fingerprint density at radius 3 is 2.94 bits per heavy atom. The molecule has 1 heterocycles. The first kappa shape index (κ1) is 12.7. The van der Waals surface area contributed by atoms with Crippen LogP contribution in [0.4, 0.5) is 4.39 Å². The van der Waals surface area contributed by atoms with Crippen molar-refractivity contribution in [3.05, 3.63) is 50.6 Å². The van der Waals surface area contributed by atoms with Crippen molar-refractivity contribution >= 4 is 27.3 Å². The molecule has 0 bridgehead atoms. The van der Waals surface area contributed by atoms with Crippen molar-refractivity contribution in [3.8, 4) is 0 Å². The van der Waals surface area contributed by atoms with Crippen LogP contribution >= 0.6 is 27.3 Å². The average Bonchev–Trinajstić information content (AvgIpc) is 2.80. The van der Waals surface area contributed by atoms with E-state index in [1.165, 1.54) is 12.1 Å². The van der Waals surface area contributed by atoms with Gasteiger partial charge in [-0.15, -0.1) is 11.3 Å². The Labute approximate surface area is 112 Å². The molecule has 1 N–H and O–H groups in total. The summed E-state index contributed by atoms with van der Waals surface area (Å²) >= 11 is 4.99. The monoisotopic (exact) mass is 314 g/mol. The highest BCUT2D eigenvalue weighted by atomic mass is 79.9. The summed E-state index contributed by atoms with van der Waals surface area (Å²) in [6, 6.07) is 4.74. The smallest absolute Gasteiger partial charge is 0.124 e. The van der Waals surface area contributed by atoms with Crippen LogP contribution in [0.15, 0.2) is 34.2 Å². The van der Waals surface area contributed by atoms with Crippen LogP contribution in [0.2, 0.25) is 0 Å². The minimum atomic E-state index is -0.241. The van der Waals surface area contributed by atoms with E-state index in [2.05, 4.69) is 26.2 Å². The van der Waals surface area contributed by atoms with Crippen molar-refractivity contribution in [2.24, 2.45) is 0 Å². The molecule has 0 amide bonds. The van der Waals surface area contributed by atoms with Gasteiger partial charge in [0.2, 0.25) is 0 Å². The minimum absolute atomic E-state index is 0.00924. The van der Waals surface area contributed by atoms with E-state index in [-0.39, 0.29) is 11.9 Å². The number of halogens is 2. The Kier molecular flexibility index (Phi) is 4.25. The van der Waals surface area contributed by atoms with Crippen LogP contribution in [-0.4, -0.2) is 11.5 Å². The van der Waals surface area contributed by atoms with E-state index in [4.69, 9.17) is 0 Å². The van der Waals surface area contributed by atoms with Crippen molar-refractivity contribution in [2.45, 2.75) is 13.0 Å². The third-order valence-corrected chi connectivity index (χ3v) is 3.91. The summed E-state index contributed by atoms with van der Waals surface area (Å²) in [6.07, 6.45) is 1.78. The molecule has 0 aliphatic carbocycles. The molecular formula is C12H12BrFN2S. The van der Waals surface area contributed by atoms with Crippen LogP contribution in [-0.2, 0) is 0 Å². The van der Waals surface area contributed by atoms with Gasteiger partial charge >= 0.3 is 0 Å². The van der Waals surface area contributed by atoms with Crippen molar-refractivity contribution < 1.29 is 4.39 Å². The fourth-order valence-corrected chi connectivity index (χ4v) is 2.96. The molecule has 0 fully saturated rings. The Morgan fingerprint density at radius 1 is 1.53 bits per heavy atom. The standard InChI is InChI=1S/C12H12BrFN2S/c1-2-15-11(12-16-5-6-17-12)9-4-3-8(14)7-10(9)13/h3-7,11,15H,2H2,1H3. The predicted molar refractivity (Wildman–Crippen MR) is 71.7 cm³/mol. The van der Waals surface area contributed by atoms with E-state index in [9.17, 15) is 4.39 Å². The highest BCUT2D eigenvalue weighted by Crippen LogP contribution is 2.30. The minimum Gasteiger partial charge on any atom is -0.305 e. The lowest BCUT2D eigenvalue weighted by Gasteiger charge is -2.17. The molecular weight excluding hydrogens is 303 g/mol. The van der Waals surface area contributed by atoms with Gasteiger partial charge < -0.3 is 5.32 Å². The number of nitrogens with one attached hydrogen (secondary N) is 1. The number of aromatic nitrogens is 1. The number of nitrogens with zero attached hydrogens (tertiary/aromatic N) is 1. The molecule has 1 atom stereocenters. The lowest BCUT2D eigenvalue weighted by molar-refractivity contribution is 0.609. The first-order valence-electron chi connectivity index (χ1n) is 5.30. The molecule has 0 saturated carbocycles. The molecule has 90 valence electrons. The number of hydrogen-bond acceptors (Lipinski definition) is 3. The molecule has 0 aliphatic heterocycles. The van der Waals surface area contributed by atoms with E-state index in [1.54, 1.807) is 23.6 Å². The molecule has 0 aliphatic rings. The molecule has 1 unspecified atom stereocenters. The van der Waals surface area contributed by atoms with Crippen molar-refractivity contribution in [1.29, 1.82) is 0 Å². The molecule has 1 aromatic carbocycles. The molecule has 2 rings (SSSR count). The fraction of sp³-hybridized carbons (Fsp3) is 0.250. The van der Waals surface area contributed by atoms with Gasteiger partial charge in [-0.2, -0.15) is 0 Å². The number of benzene rings is 1. The molecule has 2 nitrogen and oxygen atoms in total. The first-order chi connectivity index (χ1) is 8.22. The highest BCUT2D eigenvalue weighted by Gasteiger charge is 2.18. The van der Waals surface area contributed by atoms with Gasteiger partial charge in [0.05, 0.1) is 6.04 Å². The molecule has 17 heavy (non-hydrogen) atoms. The maximum Gasteiger partial charge on any atom is 0.124 e. The van der Waals surface area contributed by atoms with Crippen molar-refractivity contribution in [3.63, 3.8) is 0 Å². The second-order valence-corrected chi connectivity index (χ2v) is 5.31. The topological polar surface area (TPSA) is 24.9 Å². The van der Waals surface area contributed by atoms with Crippen LogP contribution in [0, 0.1) is 5.82 Å². The summed E-state index contributed by atoms with van der Waals surface area (Å²) in [5.74, 6) is -0.241. The van der Waals surface area contributed by atoms with Crippen LogP contribution in [0.25, 0.3) is 0 Å². The lowest BCUT2D eigenvalue weighted by atomic mass is 10.1. The molecule has 5 heteroatoms. The zero-order chi connectivity index (χ0) is 12.3. The van der Waals surface area contributed by atoms with E-state index >= 15 is 0 Å². The van der Waals surface area contributed by atoms with E-state index in [0.29, 0.717) is 0 Å². The maximum absolute atomic E-state index is 13.1. The number of hydrogen-bond donors (Lipinski definition) is 1. The van der Waals surface area contributed by atoms with E-state index < -0.39 is 0 Å². The first-order valence-corrected chi connectivity index (χ1v) is 6.97. The summed E-state index contributed by atoms with van der Waals surface area (Å²) in [7, 11) is 0. The normalized spacial score (nSPS) is 12.6. The fourth-order valence-electron chi connectivity index (χ4n) is 1.65. The second-order valence-electron chi connectivity index (χ2n) is 3.53. The maximum atomic E-state index is 13.1. The highest BCUT2D eigenvalue weighted by molar-refractivity contribution is 9.10. The summed E-state index contributed by atoms with van der Waals surface area (Å²) in [6.45, 7) is 2.87. The van der Waals surface area contributed by atoms with Gasteiger partial charge in [0.25, 0.3) is 0 Å². The zero-order valence-electron chi connectivity index (χ0n) is 9.28. The summed E-state index contributed by atoms with van der Waals surface area (Å²) in [5.41, 5.74) is 1.00. The van der Waals surface area contributed by atoms with Gasteiger partial charge in [0.1, 0.15) is 10.8 Å². The quantitative estimate of drug-likeness (QED) is 0.929. The molecule has 0 spiro atoms. The van der Waals surface area contributed by atoms with Gasteiger partial charge in [-0.25, -0.2) is 9.37 Å². The van der Waals surface area contributed by atoms with Gasteiger partial charge in [-0.3, -0.25) is 0 Å². The lowest BCUT2D eigenvalue weighted by Crippen LogP contribution is -2.22. The third-order valence-electron chi connectivity index (χ3n) is 2.38. The van der Waals surface area contributed by atoms with Crippen LogP contribution in [0.3, 0.4) is 0 Å². The Balaban J connectivity index is 2.39. The average molecular weight is 315 g/mol. The van der Waals surface area contributed by atoms with Gasteiger partial charge in [0.15, 0.2) is 0 Å². The van der Waals surface area contributed by atoms with Crippen molar-refractivity contribution in [2.75, 3.05) is 6.54 Å². The molecule has 0 saturated heterocycles. The summed E-state index contributed by atoms with van der Waals surface area (Å²) in [5, 5.41) is 6.28. The van der Waals surface area contributed by atoms with Crippen LogP contribution in [0.1, 0.15) is 23.5 Å². The molecule has 0 radical (unpaired) electrons. The predicted octanol–water partition coefficient (Wildman–Crippen LogP) is 3.74.